The van der Waals surface area contributed by atoms with Gasteiger partial charge in [-0.2, -0.15) is 12.7 Å². The van der Waals surface area contributed by atoms with Gasteiger partial charge in [0.05, 0.1) is 0 Å². The van der Waals surface area contributed by atoms with Crippen molar-refractivity contribution < 1.29 is 32.3 Å². The number of rotatable bonds is 4. The number of ether oxygens (including phenoxy) is 1. The maximum atomic E-state index is 13.7. The molecule has 13 heteroatoms. The molecule has 0 aromatic heterocycles. The minimum Gasteiger partial charge on any atom is -0.444 e. The first-order valence-electron chi connectivity index (χ1n) is 14.9. The summed E-state index contributed by atoms with van der Waals surface area (Å²) in [7, 11) is -4.07. The van der Waals surface area contributed by atoms with Crippen LogP contribution in [0.3, 0.4) is 0 Å². The lowest BCUT2D eigenvalue weighted by Gasteiger charge is -2.31. The van der Waals surface area contributed by atoms with Crippen molar-refractivity contribution in [3.8, 4) is 0 Å². The highest BCUT2D eigenvalue weighted by Crippen LogP contribution is 2.45. The highest BCUT2D eigenvalue weighted by Gasteiger charge is 2.61. The molecule has 4 amide bonds. The lowest BCUT2D eigenvalue weighted by Crippen LogP contribution is -2.59. The molecule has 3 heterocycles. The van der Waals surface area contributed by atoms with Gasteiger partial charge >= 0.3 is 16.3 Å². The molecule has 3 N–H and O–H groups in total. The van der Waals surface area contributed by atoms with Crippen molar-refractivity contribution in [3.05, 3.63) is 12.2 Å². The fourth-order valence-electron chi connectivity index (χ4n) is 6.07. The van der Waals surface area contributed by atoms with Crippen molar-refractivity contribution in [2.45, 2.75) is 121 Å². The summed E-state index contributed by atoms with van der Waals surface area (Å²) in [5.41, 5.74) is -2.14. The Kier molecular flexibility index (Phi) is 9.37. The van der Waals surface area contributed by atoms with Crippen molar-refractivity contribution >= 4 is 34.0 Å². The third kappa shape index (κ3) is 7.40. The van der Waals surface area contributed by atoms with Crippen molar-refractivity contribution in [1.29, 1.82) is 0 Å². The Bertz CT molecular complexity index is 1170. The molecule has 230 valence electrons. The van der Waals surface area contributed by atoms with Crippen LogP contribution in [-0.4, -0.2) is 83.8 Å². The molecule has 1 saturated carbocycles. The number of carbonyl (C=O) groups excluding carboxylic acids is 4. The largest absolute Gasteiger partial charge is 0.444 e. The number of alkyl carbamates (subject to hydrolysis) is 1. The first-order valence-corrected chi connectivity index (χ1v) is 16.3. The summed E-state index contributed by atoms with van der Waals surface area (Å²) in [6, 6.07) is -1.89. The van der Waals surface area contributed by atoms with Gasteiger partial charge < -0.3 is 20.3 Å². The van der Waals surface area contributed by atoms with Gasteiger partial charge in [0.2, 0.25) is 11.8 Å². The van der Waals surface area contributed by atoms with Crippen LogP contribution in [0.1, 0.15) is 91.9 Å². The van der Waals surface area contributed by atoms with Crippen LogP contribution in [0, 0.1) is 5.92 Å². The van der Waals surface area contributed by atoms with Crippen LogP contribution in [0.25, 0.3) is 0 Å². The normalized spacial score (nSPS) is 32.5. The van der Waals surface area contributed by atoms with Crippen LogP contribution >= 0.6 is 0 Å². The first-order chi connectivity index (χ1) is 19.2. The summed E-state index contributed by atoms with van der Waals surface area (Å²) < 4.78 is 35.0. The molecule has 3 fully saturated rings. The van der Waals surface area contributed by atoms with Crippen LogP contribution in [-0.2, 0) is 29.3 Å². The smallest absolute Gasteiger partial charge is 0.408 e. The highest BCUT2D eigenvalue weighted by atomic mass is 32.2. The van der Waals surface area contributed by atoms with E-state index in [0.29, 0.717) is 38.8 Å². The number of allylic oxidation sites excluding steroid dienone is 1. The zero-order chi connectivity index (χ0) is 30.0. The second-order valence-electron chi connectivity index (χ2n) is 12.8. The average molecular weight is 596 g/mol. The summed E-state index contributed by atoms with van der Waals surface area (Å²) >= 11 is 0. The standard InChI is InChI=1S/C28H45N5O7S/c1-19-12-10-17-33(19)41(38,39)31-25(36)28-18-20(28)13-8-6-5-7-9-14-21(29-26(37)40-27(2,3)4)24(35)32-16-11-15-22(32)23(34)30-28/h8,13,19-22H,5-7,9-12,14-18H2,1-4H3,(H,29,37)(H,30,34)(H,31,36)/b13-8-/t19?,20-,21+,22+,28-/m1/s1. The van der Waals surface area contributed by atoms with E-state index in [-0.39, 0.29) is 24.3 Å². The topological polar surface area (TPSA) is 154 Å². The molecular formula is C28H45N5O7S. The Balaban J connectivity index is 1.54. The van der Waals surface area contributed by atoms with Gasteiger partial charge in [-0.25, -0.2) is 9.52 Å². The van der Waals surface area contributed by atoms with Crippen LogP contribution < -0.4 is 15.4 Å². The Morgan fingerprint density at radius 1 is 1.05 bits per heavy atom. The van der Waals surface area contributed by atoms with Gasteiger partial charge in [-0.15, -0.1) is 0 Å². The molecule has 1 aliphatic carbocycles. The van der Waals surface area contributed by atoms with Gasteiger partial charge in [-0.1, -0.05) is 25.0 Å². The summed E-state index contributed by atoms with van der Waals surface area (Å²) in [6.45, 7) is 7.71. The van der Waals surface area contributed by atoms with Crippen molar-refractivity contribution in [2.75, 3.05) is 13.1 Å². The molecule has 0 aromatic carbocycles. The van der Waals surface area contributed by atoms with E-state index in [0.717, 1.165) is 32.1 Å². The molecule has 4 aliphatic rings. The van der Waals surface area contributed by atoms with Crippen LogP contribution in [0.4, 0.5) is 4.79 Å². The lowest BCUT2D eigenvalue weighted by atomic mass is 10.0. The number of hydrogen-bond acceptors (Lipinski definition) is 7. The second kappa shape index (κ2) is 12.3. The highest BCUT2D eigenvalue weighted by molar-refractivity contribution is 7.87. The second-order valence-corrected chi connectivity index (χ2v) is 14.4. The molecule has 12 nitrogen and oxygen atoms in total. The number of carbonyl (C=O) groups is 4. The van der Waals surface area contributed by atoms with E-state index in [4.69, 9.17) is 4.74 Å². The predicted molar refractivity (Wildman–Crippen MR) is 152 cm³/mol. The van der Waals surface area contributed by atoms with Crippen LogP contribution in [0.15, 0.2) is 12.2 Å². The van der Waals surface area contributed by atoms with Gasteiger partial charge in [0.1, 0.15) is 23.2 Å². The maximum absolute atomic E-state index is 13.7. The quantitative estimate of drug-likeness (QED) is 0.421. The third-order valence-electron chi connectivity index (χ3n) is 8.35. The zero-order valence-corrected chi connectivity index (χ0v) is 25.4. The summed E-state index contributed by atoms with van der Waals surface area (Å²) in [6.07, 6.45) is 9.38. The molecule has 0 aromatic rings. The number of fused-ring (bicyclic) bond motifs is 2. The number of nitrogens with zero attached hydrogens (tertiary/aromatic N) is 2. The van der Waals surface area contributed by atoms with Gasteiger partial charge in [-0.3, -0.25) is 14.4 Å². The number of nitrogens with one attached hydrogen (secondary N) is 3. The molecule has 0 bridgehead atoms. The minimum atomic E-state index is -4.07. The van der Waals surface area contributed by atoms with Crippen LogP contribution in [0.5, 0.6) is 0 Å². The van der Waals surface area contributed by atoms with Gasteiger partial charge in [-0.05, 0) is 79.1 Å². The molecule has 0 spiro atoms. The van der Waals surface area contributed by atoms with E-state index in [1.54, 1.807) is 27.7 Å². The Morgan fingerprint density at radius 2 is 1.78 bits per heavy atom. The molecule has 0 radical (unpaired) electrons. The zero-order valence-electron chi connectivity index (χ0n) is 24.6. The predicted octanol–water partition coefficient (Wildman–Crippen LogP) is 2.11. The Morgan fingerprint density at radius 3 is 2.46 bits per heavy atom. The van der Waals surface area contributed by atoms with Crippen LogP contribution in [0.2, 0.25) is 0 Å². The molecule has 3 aliphatic heterocycles. The molecule has 1 unspecified atom stereocenters. The minimum absolute atomic E-state index is 0.212. The molecule has 2 saturated heterocycles. The van der Waals surface area contributed by atoms with Crippen molar-refractivity contribution in [1.82, 2.24) is 24.6 Å². The fraction of sp³-hybridized carbons (Fsp3) is 0.786. The van der Waals surface area contributed by atoms with E-state index < -0.39 is 51.3 Å². The first kappa shape index (κ1) is 31.3. The van der Waals surface area contributed by atoms with Gasteiger partial charge in [0.25, 0.3) is 5.91 Å². The summed E-state index contributed by atoms with van der Waals surface area (Å²) in [5, 5.41) is 5.56. The van der Waals surface area contributed by atoms with Gasteiger partial charge in [0.15, 0.2) is 0 Å². The molecule has 5 atom stereocenters. The molecule has 41 heavy (non-hydrogen) atoms. The lowest BCUT2D eigenvalue weighted by molar-refractivity contribution is -0.141. The maximum Gasteiger partial charge on any atom is 0.408 e. The summed E-state index contributed by atoms with van der Waals surface area (Å²) in [5.74, 6) is -1.98. The van der Waals surface area contributed by atoms with E-state index in [1.807, 2.05) is 12.2 Å². The molecular weight excluding hydrogens is 550 g/mol. The van der Waals surface area contributed by atoms with E-state index in [9.17, 15) is 27.6 Å². The van der Waals surface area contributed by atoms with Crippen molar-refractivity contribution in [2.24, 2.45) is 5.92 Å². The van der Waals surface area contributed by atoms with E-state index in [2.05, 4.69) is 15.4 Å². The monoisotopic (exact) mass is 595 g/mol. The Labute approximate surface area is 243 Å². The number of amides is 4. The average Bonchev–Trinajstić information content (AvgIpc) is 3.19. The SMILES string of the molecule is CC1CCCN1S(=O)(=O)NC(=O)[C@@]12C[C@H]1/C=C\CCCCC[C@H](NC(=O)OC(C)(C)C)C(=O)N1CCC[C@H]1C(=O)N2. The number of hydrogen-bond donors (Lipinski definition) is 3. The van der Waals surface area contributed by atoms with Crippen molar-refractivity contribution in [3.63, 3.8) is 0 Å². The fourth-order valence-corrected chi connectivity index (χ4v) is 7.56. The van der Waals surface area contributed by atoms with Gasteiger partial charge in [0, 0.05) is 25.0 Å². The van der Waals surface area contributed by atoms with E-state index >= 15 is 0 Å². The third-order valence-corrected chi connectivity index (χ3v) is 9.95. The molecule has 4 rings (SSSR count). The summed E-state index contributed by atoms with van der Waals surface area (Å²) in [4.78, 5) is 54.9. The Hall–Kier alpha value is -2.67. The van der Waals surface area contributed by atoms with E-state index in [1.165, 1.54) is 9.21 Å².